The lowest BCUT2D eigenvalue weighted by Crippen LogP contribution is -2.28. The van der Waals surface area contributed by atoms with E-state index in [2.05, 4.69) is 159 Å². The number of fused-ring (bicyclic) bond motifs is 5. The van der Waals surface area contributed by atoms with Gasteiger partial charge in [0.2, 0.25) is 0 Å². The molecule has 8 aromatic rings. The molecule has 0 spiro atoms. The SMILES string of the molecule is CC=Nc1ccc(C2(c3ccc(N=Cc4ccc5c(C6=C(c7c(C)sc8cc(C)ccc78)CCC6)c(C)sc5c4)cc3)c3ccccc3-c3ccccc32)cc1. The lowest BCUT2D eigenvalue weighted by molar-refractivity contribution is 0.768. The van der Waals surface area contributed by atoms with E-state index in [1.807, 2.05) is 42.0 Å². The Bertz CT molecular complexity index is 2870. The second-order valence-corrected chi connectivity index (χ2v) is 17.7. The molecule has 6 aromatic carbocycles. The molecule has 0 atom stereocenters. The molecular weight excluding hydrogens is 717 g/mol. The van der Waals surface area contributed by atoms with E-state index in [4.69, 9.17) is 4.99 Å². The van der Waals surface area contributed by atoms with Crippen molar-refractivity contribution in [1.82, 2.24) is 0 Å². The molecule has 0 unspecified atom stereocenters. The smallest absolute Gasteiger partial charge is 0.0713 e. The first-order valence-corrected chi connectivity index (χ1v) is 21.3. The predicted molar refractivity (Wildman–Crippen MR) is 243 cm³/mol. The predicted octanol–water partition coefficient (Wildman–Crippen LogP) is 15.0. The molecule has 0 bridgehead atoms. The minimum absolute atomic E-state index is 0.452. The molecule has 2 nitrogen and oxygen atoms in total. The first kappa shape index (κ1) is 34.8. The number of hydrogen-bond acceptors (Lipinski definition) is 4. The summed E-state index contributed by atoms with van der Waals surface area (Å²) in [5, 5.41) is 2.79. The summed E-state index contributed by atoms with van der Waals surface area (Å²) in [6.45, 7) is 8.77. The van der Waals surface area contributed by atoms with Crippen molar-refractivity contribution in [2.24, 2.45) is 9.98 Å². The third-order valence-corrected chi connectivity index (χ3v) is 14.1. The summed E-state index contributed by atoms with van der Waals surface area (Å²) < 4.78 is 2.73. The number of benzene rings is 6. The van der Waals surface area contributed by atoms with E-state index in [0.717, 1.165) is 29.8 Å². The third-order valence-electron chi connectivity index (χ3n) is 11.9. The summed E-state index contributed by atoms with van der Waals surface area (Å²) in [5.41, 5.74) is 17.6. The number of allylic oxidation sites excluding steroid dienone is 2. The van der Waals surface area contributed by atoms with E-state index in [-0.39, 0.29) is 0 Å². The Balaban J connectivity index is 0.997. The first-order chi connectivity index (χ1) is 27.4. The van der Waals surface area contributed by atoms with Crippen LogP contribution in [0.5, 0.6) is 0 Å². The minimum Gasteiger partial charge on any atom is -0.262 e. The van der Waals surface area contributed by atoms with Crippen molar-refractivity contribution >= 4 is 77.8 Å². The highest BCUT2D eigenvalue weighted by atomic mass is 32.1. The lowest BCUT2D eigenvalue weighted by atomic mass is 9.67. The second-order valence-electron chi connectivity index (χ2n) is 15.2. The van der Waals surface area contributed by atoms with Crippen molar-refractivity contribution in [1.29, 1.82) is 0 Å². The molecule has 2 aliphatic carbocycles. The van der Waals surface area contributed by atoms with Gasteiger partial charge in [-0.3, -0.25) is 9.98 Å². The topological polar surface area (TPSA) is 24.7 Å². The number of nitrogens with zero attached hydrogens (tertiary/aromatic N) is 2. The molecule has 2 aliphatic rings. The first-order valence-electron chi connectivity index (χ1n) is 19.6. The quantitative estimate of drug-likeness (QED) is 0.145. The van der Waals surface area contributed by atoms with Crippen LogP contribution in [-0.2, 0) is 5.41 Å². The summed E-state index contributed by atoms with van der Waals surface area (Å²) in [5.74, 6) is 0. The van der Waals surface area contributed by atoms with E-state index < -0.39 is 5.41 Å². The Hall–Kier alpha value is -5.68. The zero-order chi connectivity index (χ0) is 38.0. The lowest BCUT2D eigenvalue weighted by Gasteiger charge is -2.34. The zero-order valence-electron chi connectivity index (χ0n) is 32.2. The molecule has 4 heteroatoms. The van der Waals surface area contributed by atoms with Gasteiger partial charge in [0.15, 0.2) is 0 Å². The molecule has 0 aliphatic heterocycles. The van der Waals surface area contributed by atoms with Crippen LogP contribution in [0.1, 0.15) is 80.4 Å². The van der Waals surface area contributed by atoms with Gasteiger partial charge in [0.25, 0.3) is 0 Å². The van der Waals surface area contributed by atoms with Gasteiger partial charge in [0, 0.05) is 42.4 Å². The molecule has 2 aromatic heterocycles. The monoisotopic (exact) mass is 758 g/mol. The van der Waals surface area contributed by atoms with Crippen LogP contribution in [0.25, 0.3) is 42.4 Å². The van der Waals surface area contributed by atoms with Crippen LogP contribution in [0.2, 0.25) is 0 Å². The van der Waals surface area contributed by atoms with E-state index in [9.17, 15) is 0 Å². The summed E-state index contributed by atoms with van der Waals surface area (Å²) in [7, 11) is 0. The standard InChI is InChI=1S/C52H42N2S2/c1-5-53-38-23-19-36(20-24-38)52(46-15-8-6-11-40(46)41-12-7-9-16-47(41)52)37-21-25-39(26-22-37)54-31-35-18-28-45-49(30-35)56-34(4)51(45)43-14-10-13-42(43)50-33(3)55-48-29-32(2)17-27-44(48)50/h5-9,11-12,15-31H,10,13-14H2,1-4H3. The zero-order valence-corrected chi connectivity index (χ0v) is 33.8. The molecule has 0 saturated carbocycles. The maximum absolute atomic E-state index is 5.02. The molecule has 10 rings (SSSR count). The van der Waals surface area contributed by atoms with Crippen LogP contribution in [0, 0.1) is 20.8 Å². The van der Waals surface area contributed by atoms with Crippen molar-refractivity contribution in [3.8, 4) is 11.1 Å². The van der Waals surface area contributed by atoms with Gasteiger partial charge in [-0.1, -0.05) is 97.1 Å². The van der Waals surface area contributed by atoms with Crippen LogP contribution in [-0.4, -0.2) is 12.4 Å². The molecule has 0 N–H and O–H groups in total. The van der Waals surface area contributed by atoms with E-state index >= 15 is 0 Å². The van der Waals surface area contributed by atoms with E-state index in [1.165, 1.54) is 86.4 Å². The molecule has 272 valence electrons. The Labute approximate surface area is 337 Å². The van der Waals surface area contributed by atoms with Gasteiger partial charge >= 0.3 is 0 Å². The van der Waals surface area contributed by atoms with Crippen molar-refractivity contribution in [2.45, 2.75) is 52.4 Å². The summed E-state index contributed by atoms with van der Waals surface area (Å²) in [6.07, 6.45) is 7.38. The number of aryl methyl sites for hydroxylation is 3. The number of thiophene rings is 2. The van der Waals surface area contributed by atoms with Gasteiger partial charge in [0.1, 0.15) is 0 Å². The number of aliphatic imine (C=N–C) groups is 2. The Morgan fingerprint density at radius 3 is 1.64 bits per heavy atom. The average molecular weight is 759 g/mol. The second kappa shape index (κ2) is 13.8. The molecular formula is C52H42N2S2. The van der Waals surface area contributed by atoms with Crippen molar-refractivity contribution in [3.05, 3.63) is 188 Å². The molecule has 0 fully saturated rings. The fourth-order valence-electron chi connectivity index (χ4n) is 9.60. The number of hydrogen-bond donors (Lipinski definition) is 0. The fourth-order valence-corrected chi connectivity index (χ4v) is 11.9. The minimum atomic E-state index is -0.452. The highest BCUT2D eigenvalue weighted by molar-refractivity contribution is 7.19. The fraction of sp³-hybridized carbons (Fsp3) is 0.154. The van der Waals surface area contributed by atoms with Crippen LogP contribution in [0.15, 0.2) is 143 Å². The number of rotatable bonds is 7. The Kier molecular flexibility index (Phi) is 8.58. The van der Waals surface area contributed by atoms with Crippen molar-refractivity contribution < 1.29 is 0 Å². The van der Waals surface area contributed by atoms with Gasteiger partial charge < -0.3 is 0 Å². The van der Waals surface area contributed by atoms with Crippen molar-refractivity contribution in [2.75, 3.05) is 0 Å². The highest BCUT2D eigenvalue weighted by Gasteiger charge is 2.45. The van der Waals surface area contributed by atoms with Gasteiger partial charge in [-0.2, -0.15) is 0 Å². The van der Waals surface area contributed by atoms with Gasteiger partial charge in [-0.15, -0.1) is 22.7 Å². The maximum atomic E-state index is 5.02. The van der Waals surface area contributed by atoms with Crippen LogP contribution < -0.4 is 0 Å². The molecule has 56 heavy (non-hydrogen) atoms. The molecule has 0 saturated heterocycles. The summed E-state index contributed by atoms with van der Waals surface area (Å²) in [4.78, 5) is 12.4. The van der Waals surface area contributed by atoms with Gasteiger partial charge in [-0.25, -0.2) is 0 Å². The molecule has 0 radical (unpaired) electrons. The maximum Gasteiger partial charge on any atom is 0.0713 e. The summed E-state index contributed by atoms with van der Waals surface area (Å²) in [6, 6.07) is 49.2. The van der Waals surface area contributed by atoms with Crippen LogP contribution in [0.3, 0.4) is 0 Å². The largest absolute Gasteiger partial charge is 0.262 e. The summed E-state index contributed by atoms with van der Waals surface area (Å²) >= 11 is 3.86. The normalized spacial score (nSPS) is 14.9. The third kappa shape index (κ3) is 5.50. The van der Waals surface area contributed by atoms with Crippen LogP contribution >= 0.6 is 22.7 Å². The van der Waals surface area contributed by atoms with E-state index in [0.29, 0.717) is 0 Å². The Morgan fingerprint density at radius 2 is 1.07 bits per heavy atom. The molecule has 2 heterocycles. The van der Waals surface area contributed by atoms with Crippen molar-refractivity contribution in [3.63, 3.8) is 0 Å². The average Bonchev–Trinajstić information content (AvgIpc) is 3.97. The van der Waals surface area contributed by atoms with E-state index in [1.54, 1.807) is 11.1 Å². The van der Waals surface area contributed by atoms with Gasteiger partial charge in [0.05, 0.1) is 16.8 Å². The molecule has 0 amide bonds. The van der Waals surface area contributed by atoms with Gasteiger partial charge in [-0.05, 0) is 150 Å². The highest BCUT2D eigenvalue weighted by Crippen LogP contribution is 2.56. The van der Waals surface area contributed by atoms with Crippen LogP contribution in [0.4, 0.5) is 11.4 Å². The Morgan fingerprint density at radius 1 is 0.554 bits per heavy atom.